The molecule has 1 aliphatic rings. The number of nitrogens with zero attached hydrogens (tertiary/aromatic N) is 1. The minimum absolute atomic E-state index is 0. The molecule has 2 unspecified atom stereocenters. The van der Waals surface area contributed by atoms with Crippen LogP contribution in [0.25, 0.3) is 0 Å². The molecule has 2 rings (SSSR count). The van der Waals surface area contributed by atoms with E-state index in [1.54, 1.807) is 12.1 Å². The highest BCUT2D eigenvalue weighted by Crippen LogP contribution is 2.24. The Morgan fingerprint density at radius 1 is 1.45 bits per heavy atom. The number of hydrogen-bond donors (Lipinski definition) is 1. The van der Waals surface area contributed by atoms with Gasteiger partial charge in [-0.15, -0.1) is 12.4 Å². The van der Waals surface area contributed by atoms with E-state index in [0.717, 1.165) is 25.8 Å². The van der Waals surface area contributed by atoms with Gasteiger partial charge in [-0.1, -0.05) is 23.7 Å². The van der Waals surface area contributed by atoms with Crippen LogP contribution < -0.4 is 10.5 Å². The van der Waals surface area contributed by atoms with Gasteiger partial charge in [0.15, 0.2) is 0 Å². The molecule has 4 nitrogen and oxygen atoms in total. The lowest BCUT2D eigenvalue weighted by Gasteiger charge is -2.38. The molecule has 1 aromatic rings. The Morgan fingerprint density at radius 2 is 2.18 bits per heavy atom. The zero-order valence-corrected chi connectivity index (χ0v) is 14.4. The summed E-state index contributed by atoms with van der Waals surface area (Å²) in [6.45, 7) is 3.11. The molecule has 1 heterocycles. The topological polar surface area (TPSA) is 55.6 Å². The van der Waals surface area contributed by atoms with Gasteiger partial charge in [-0.2, -0.15) is 0 Å². The molecule has 1 aromatic carbocycles. The molecule has 0 spiro atoms. The van der Waals surface area contributed by atoms with Gasteiger partial charge in [0.1, 0.15) is 5.75 Å². The van der Waals surface area contributed by atoms with E-state index in [1.165, 1.54) is 0 Å². The van der Waals surface area contributed by atoms with Crippen LogP contribution in [0.15, 0.2) is 24.3 Å². The monoisotopic (exact) mass is 346 g/mol. The maximum Gasteiger partial charge on any atom is 0.226 e. The summed E-state index contributed by atoms with van der Waals surface area (Å²) in [5.41, 5.74) is 5.99. The molecule has 0 radical (unpaired) electrons. The van der Waals surface area contributed by atoms with E-state index < -0.39 is 0 Å². The van der Waals surface area contributed by atoms with Crippen LogP contribution in [0.5, 0.6) is 5.75 Å². The smallest absolute Gasteiger partial charge is 0.226 e. The van der Waals surface area contributed by atoms with Gasteiger partial charge in [0, 0.05) is 18.6 Å². The summed E-state index contributed by atoms with van der Waals surface area (Å²) in [5.74, 6) is 0.735. The molecule has 0 saturated carbocycles. The van der Waals surface area contributed by atoms with Gasteiger partial charge >= 0.3 is 0 Å². The van der Waals surface area contributed by atoms with Crippen molar-refractivity contribution < 1.29 is 9.53 Å². The average Bonchev–Trinajstić information content (AvgIpc) is 2.49. The molecule has 0 aliphatic carbocycles. The van der Waals surface area contributed by atoms with Gasteiger partial charge < -0.3 is 15.4 Å². The molecule has 0 aromatic heterocycles. The molecular weight excluding hydrogens is 323 g/mol. The van der Waals surface area contributed by atoms with Crippen molar-refractivity contribution in [2.24, 2.45) is 5.73 Å². The molecule has 124 valence electrons. The molecule has 2 N–H and O–H groups in total. The van der Waals surface area contributed by atoms with E-state index in [0.29, 0.717) is 23.8 Å². The number of ether oxygens (including phenoxy) is 1. The van der Waals surface area contributed by atoms with Crippen molar-refractivity contribution in [3.8, 4) is 5.75 Å². The van der Waals surface area contributed by atoms with Gasteiger partial charge in [-0.05, 0) is 38.3 Å². The number of rotatable bonds is 5. The van der Waals surface area contributed by atoms with Gasteiger partial charge in [0.2, 0.25) is 5.91 Å². The van der Waals surface area contributed by atoms with Crippen molar-refractivity contribution in [2.45, 2.75) is 44.7 Å². The van der Waals surface area contributed by atoms with Crippen molar-refractivity contribution >= 4 is 29.9 Å². The first kappa shape index (κ1) is 19.1. The first-order valence-corrected chi connectivity index (χ1v) is 7.90. The fourth-order valence-electron chi connectivity index (χ4n) is 2.77. The third kappa shape index (κ3) is 5.04. The first-order valence-electron chi connectivity index (χ1n) is 7.52. The van der Waals surface area contributed by atoms with E-state index in [1.807, 2.05) is 24.0 Å². The number of carbonyl (C=O) groups excluding carboxylic acids is 1. The van der Waals surface area contributed by atoms with Crippen molar-refractivity contribution in [1.29, 1.82) is 0 Å². The second kappa shape index (κ2) is 9.23. The second-order valence-corrected chi connectivity index (χ2v) is 5.95. The summed E-state index contributed by atoms with van der Waals surface area (Å²) in [4.78, 5) is 14.3. The minimum atomic E-state index is 0. The largest absolute Gasteiger partial charge is 0.491 e. The van der Waals surface area contributed by atoms with E-state index in [2.05, 4.69) is 0 Å². The number of amides is 1. The Kier molecular flexibility index (Phi) is 8.01. The Labute approximate surface area is 143 Å². The third-order valence-corrected chi connectivity index (χ3v) is 4.20. The van der Waals surface area contributed by atoms with Gasteiger partial charge in [0.25, 0.3) is 0 Å². The fourth-order valence-corrected chi connectivity index (χ4v) is 2.96. The van der Waals surface area contributed by atoms with Gasteiger partial charge in [-0.3, -0.25) is 4.79 Å². The first-order chi connectivity index (χ1) is 10.1. The van der Waals surface area contributed by atoms with Crippen molar-refractivity contribution in [1.82, 2.24) is 4.90 Å². The Hall–Kier alpha value is -0.970. The number of hydrogen-bond acceptors (Lipinski definition) is 3. The van der Waals surface area contributed by atoms with Gasteiger partial charge in [-0.25, -0.2) is 0 Å². The molecular formula is C16H24Cl2N2O2. The van der Waals surface area contributed by atoms with Gasteiger partial charge in [0.05, 0.1) is 18.1 Å². The van der Waals surface area contributed by atoms with Crippen LogP contribution in [0.1, 0.15) is 32.6 Å². The third-order valence-electron chi connectivity index (χ3n) is 3.89. The number of piperidine rings is 1. The van der Waals surface area contributed by atoms with E-state index in [-0.39, 0.29) is 30.4 Å². The molecule has 1 fully saturated rings. The lowest BCUT2D eigenvalue weighted by Crippen LogP contribution is -2.51. The number of halogens is 2. The lowest BCUT2D eigenvalue weighted by molar-refractivity contribution is -0.135. The van der Waals surface area contributed by atoms with Crippen LogP contribution in [0.2, 0.25) is 5.02 Å². The maximum atomic E-state index is 12.3. The van der Waals surface area contributed by atoms with Crippen LogP contribution >= 0.6 is 24.0 Å². The van der Waals surface area contributed by atoms with E-state index in [9.17, 15) is 4.79 Å². The molecule has 22 heavy (non-hydrogen) atoms. The normalized spacial score (nSPS) is 19.2. The minimum Gasteiger partial charge on any atom is -0.491 e. The molecule has 0 bridgehead atoms. The molecule has 1 saturated heterocycles. The highest BCUT2D eigenvalue weighted by atomic mass is 35.5. The fraction of sp³-hybridized carbons (Fsp3) is 0.562. The quantitative estimate of drug-likeness (QED) is 0.890. The van der Waals surface area contributed by atoms with Crippen LogP contribution in [0.3, 0.4) is 0 Å². The Balaban J connectivity index is 0.00000242. The number of nitrogens with two attached hydrogens (primary N) is 1. The molecule has 1 amide bonds. The van der Waals surface area contributed by atoms with Crippen LogP contribution in [-0.2, 0) is 4.79 Å². The summed E-state index contributed by atoms with van der Waals surface area (Å²) in [6, 6.07) is 7.46. The van der Waals surface area contributed by atoms with Crippen molar-refractivity contribution in [3.05, 3.63) is 29.3 Å². The van der Waals surface area contributed by atoms with E-state index in [4.69, 9.17) is 22.1 Å². The Bertz CT molecular complexity index is 483. The van der Waals surface area contributed by atoms with Crippen LogP contribution in [-0.4, -0.2) is 36.0 Å². The number of carbonyl (C=O) groups is 1. The van der Waals surface area contributed by atoms with Crippen LogP contribution in [0.4, 0.5) is 0 Å². The lowest BCUT2D eigenvalue weighted by atomic mass is 9.96. The highest BCUT2D eigenvalue weighted by Gasteiger charge is 2.28. The standard InChI is InChI=1S/C16H23ClN2O2.ClH/c1-12(18)14-7-4-5-10-19(14)16(20)9-11-21-15-8-3-2-6-13(15)17;/h2-3,6,8,12,14H,4-5,7,9-11,18H2,1H3;1H. The highest BCUT2D eigenvalue weighted by molar-refractivity contribution is 6.32. The summed E-state index contributed by atoms with van der Waals surface area (Å²) in [6.07, 6.45) is 3.55. The molecule has 1 aliphatic heterocycles. The SMILES string of the molecule is CC(N)C1CCCCN1C(=O)CCOc1ccccc1Cl.Cl. The predicted molar refractivity (Wildman–Crippen MR) is 91.8 cm³/mol. The molecule has 6 heteroatoms. The van der Waals surface area contributed by atoms with Crippen molar-refractivity contribution in [2.75, 3.05) is 13.2 Å². The van der Waals surface area contributed by atoms with E-state index >= 15 is 0 Å². The maximum absolute atomic E-state index is 12.3. The Morgan fingerprint density at radius 3 is 2.86 bits per heavy atom. The summed E-state index contributed by atoms with van der Waals surface area (Å²) < 4.78 is 5.58. The average molecular weight is 347 g/mol. The molecule has 2 atom stereocenters. The second-order valence-electron chi connectivity index (χ2n) is 5.54. The summed E-state index contributed by atoms with van der Waals surface area (Å²) >= 11 is 6.02. The zero-order chi connectivity index (χ0) is 15.2. The van der Waals surface area contributed by atoms with Crippen LogP contribution in [0, 0.1) is 0 Å². The zero-order valence-electron chi connectivity index (χ0n) is 12.8. The number of para-hydroxylation sites is 1. The predicted octanol–water partition coefficient (Wildman–Crippen LogP) is 3.26. The summed E-state index contributed by atoms with van der Waals surface area (Å²) in [7, 11) is 0. The number of benzene rings is 1. The summed E-state index contributed by atoms with van der Waals surface area (Å²) in [5, 5.41) is 0.566. The number of likely N-dealkylation sites (tertiary alicyclic amines) is 1. The van der Waals surface area contributed by atoms with Crippen molar-refractivity contribution in [3.63, 3.8) is 0 Å².